The average molecular weight is 253 g/mol. The van der Waals surface area contributed by atoms with E-state index >= 15 is 0 Å². The molecule has 17 heavy (non-hydrogen) atoms. The van der Waals surface area contributed by atoms with E-state index in [0.717, 1.165) is 35.8 Å². The van der Waals surface area contributed by atoms with Crippen LogP contribution in [0, 0.1) is 5.92 Å². The minimum Gasteiger partial charge on any atom is -0.325 e. The Bertz CT molecular complexity index is 370. The van der Waals surface area contributed by atoms with Crippen molar-refractivity contribution >= 4 is 11.6 Å². The molecule has 1 heterocycles. The highest BCUT2D eigenvalue weighted by atomic mass is 35.5. The van der Waals surface area contributed by atoms with Gasteiger partial charge in [-0.3, -0.25) is 4.98 Å². The average Bonchev–Trinajstić information content (AvgIpc) is 2.33. The van der Waals surface area contributed by atoms with E-state index in [9.17, 15) is 0 Å². The topological polar surface area (TPSA) is 38.9 Å². The van der Waals surface area contributed by atoms with Crippen LogP contribution < -0.4 is 5.73 Å². The molecule has 0 aromatic carbocycles. The fourth-order valence-electron chi connectivity index (χ4n) is 2.76. The van der Waals surface area contributed by atoms with Crippen molar-refractivity contribution in [2.24, 2.45) is 11.7 Å². The lowest BCUT2D eigenvalue weighted by Crippen LogP contribution is -2.45. The van der Waals surface area contributed by atoms with Crippen LogP contribution in [0.5, 0.6) is 0 Å². The van der Waals surface area contributed by atoms with E-state index in [1.165, 1.54) is 19.3 Å². The van der Waals surface area contributed by atoms with Gasteiger partial charge in [0.2, 0.25) is 0 Å². The summed E-state index contributed by atoms with van der Waals surface area (Å²) < 4.78 is 0. The number of nitrogens with zero attached hydrogens (tertiary/aromatic N) is 1. The first-order valence-corrected chi connectivity index (χ1v) is 6.88. The molecular weight excluding hydrogens is 232 g/mol. The van der Waals surface area contributed by atoms with Gasteiger partial charge in [0.1, 0.15) is 0 Å². The smallest absolute Gasteiger partial charge is 0.0621 e. The Balaban J connectivity index is 2.01. The van der Waals surface area contributed by atoms with Crippen LogP contribution in [0.2, 0.25) is 5.02 Å². The second kappa shape index (κ2) is 5.36. The molecule has 0 bridgehead atoms. The summed E-state index contributed by atoms with van der Waals surface area (Å²) in [6.45, 7) is 2.27. The molecule has 0 atom stereocenters. The van der Waals surface area contributed by atoms with Crippen molar-refractivity contribution in [3.05, 3.63) is 29.0 Å². The van der Waals surface area contributed by atoms with Gasteiger partial charge in [0, 0.05) is 17.9 Å². The van der Waals surface area contributed by atoms with Gasteiger partial charge in [0.25, 0.3) is 0 Å². The van der Waals surface area contributed by atoms with Crippen molar-refractivity contribution in [2.75, 3.05) is 0 Å². The van der Waals surface area contributed by atoms with E-state index in [-0.39, 0.29) is 5.54 Å². The summed E-state index contributed by atoms with van der Waals surface area (Å²) in [6.07, 6.45) is 10.4. The lowest BCUT2D eigenvalue weighted by molar-refractivity contribution is 0.228. The minimum absolute atomic E-state index is 0.0589. The Labute approximate surface area is 109 Å². The van der Waals surface area contributed by atoms with Gasteiger partial charge in [-0.25, -0.2) is 0 Å². The number of aromatic nitrogens is 1. The molecule has 0 radical (unpaired) electrons. The van der Waals surface area contributed by atoms with Gasteiger partial charge in [-0.1, -0.05) is 24.9 Å². The molecule has 1 aromatic rings. The van der Waals surface area contributed by atoms with Crippen molar-refractivity contribution in [3.63, 3.8) is 0 Å². The zero-order valence-electron chi connectivity index (χ0n) is 10.5. The fraction of sp³-hybridized carbons (Fsp3) is 0.643. The van der Waals surface area contributed by atoms with E-state index < -0.39 is 0 Å². The third kappa shape index (κ3) is 3.20. The zero-order valence-corrected chi connectivity index (χ0v) is 11.2. The SMILES string of the molecule is CCC1CCC(N)(Cc2ccncc2Cl)CC1. The molecule has 0 aliphatic heterocycles. The van der Waals surface area contributed by atoms with Gasteiger partial charge in [-0.15, -0.1) is 0 Å². The molecular formula is C14H21ClN2. The molecule has 1 aliphatic carbocycles. The highest BCUT2D eigenvalue weighted by Gasteiger charge is 2.31. The van der Waals surface area contributed by atoms with Crippen LogP contribution >= 0.6 is 11.6 Å². The van der Waals surface area contributed by atoms with E-state index in [1.54, 1.807) is 12.4 Å². The number of rotatable bonds is 3. The first-order valence-electron chi connectivity index (χ1n) is 6.50. The summed E-state index contributed by atoms with van der Waals surface area (Å²) in [5.41, 5.74) is 7.58. The number of nitrogens with two attached hydrogens (primary N) is 1. The van der Waals surface area contributed by atoms with E-state index in [1.807, 2.05) is 6.07 Å². The van der Waals surface area contributed by atoms with Gasteiger partial charge in [0.15, 0.2) is 0 Å². The van der Waals surface area contributed by atoms with Gasteiger partial charge in [-0.2, -0.15) is 0 Å². The molecule has 0 unspecified atom stereocenters. The maximum absolute atomic E-state index is 6.50. The molecule has 2 rings (SSSR count). The Hall–Kier alpha value is -0.600. The third-order valence-corrected chi connectivity index (χ3v) is 4.42. The molecule has 1 fully saturated rings. The summed E-state index contributed by atoms with van der Waals surface area (Å²) in [6, 6.07) is 1.99. The molecule has 1 saturated carbocycles. The van der Waals surface area contributed by atoms with Crippen molar-refractivity contribution < 1.29 is 0 Å². The van der Waals surface area contributed by atoms with Gasteiger partial charge in [-0.05, 0) is 49.7 Å². The van der Waals surface area contributed by atoms with Crippen LogP contribution in [0.15, 0.2) is 18.5 Å². The Morgan fingerprint density at radius 1 is 1.47 bits per heavy atom. The lowest BCUT2D eigenvalue weighted by atomic mass is 9.73. The second-order valence-corrected chi connectivity index (χ2v) is 5.77. The van der Waals surface area contributed by atoms with E-state index in [0.29, 0.717) is 0 Å². The second-order valence-electron chi connectivity index (χ2n) is 5.36. The minimum atomic E-state index is -0.0589. The molecule has 94 valence electrons. The van der Waals surface area contributed by atoms with Gasteiger partial charge in [0.05, 0.1) is 5.02 Å². The quantitative estimate of drug-likeness (QED) is 0.893. The normalized spacial score (nSPS) is 29.2. The molecule has 0 saturated heterocycles. The van der Waals surface area contributed by atoms with Crippen LogP contribution in [0.3, 0.4) is 0 Å². The molecule has 1 aromatic heterocycles. The first-order chi connectivity index (χ1) is 8.13. The Kier molecular flexibility index (Phi) is 4.05. The predicted molar refractivity (Wildman–Crippen MR) is 72.1 cm³/mol. The summed E-state index contributed by atoms with van der Waals surface area (Å²) in [5.74, 6) is 0.875. The van der Waals surface area contributed by atoms with Crippen molar-refractivity contribution in [3.8, 4) is 0 Å². The Morgan fingerprint density at radius 2 is 2.18 bits per heavy atom. The van der Waals surface area contributed by atoms with Crippen LogP contribution in [-0.2, 0) is 6.42 Å². The molecule has 1 aliphatic rings. The Morgan fingerprint density at radius 3 is 2.76 bits per heavy atom. The van der Waals surface area contributed by atoms with Crippen LogP contribution in [-0.4, -0.2) is 10.5 Å². The van der Waals surface area contributed by atoms with Crippen LogP contribution in [0.1, 0.15) is 44.6 Å². The van der Waals surface area contributed by atoms with E-state index in [4.69, 9.17) is 17.3 Å². The predicted octanol–water partition coefficient (Wildman–Crippen LogP) is 3.58. The summed E-state index contributed by atoms with van der Waals surface area (Å²) in [7, 11) is 0. The summed E-state index contributed by atoms with van der Waals surface area (Å²) in [5, 5.41) is 0.745. The van der Waals surface area contributed by atoms with Crippen molar-refractivity contribution in [1.82, 2.24) is 4.98 Å². The molecule has 0 spiro atoms. The highest BCUT2D eigenvalue weighted by molar-refractivity contribution is 6.31. The standard InChI is InChI=1S/C14H21ClN2/c1-2-11-3-6-14(16,7-4-11)9-12-5-8-17-10-13(12)15/h5,8,10-11H,2-4,6-7,9,16H2,1H3. The number of pyridine rings is 1. The summed E-state index contributed by atoms with van der Waals surface area (Å²) in [4.78, 5) is 4.01. The molecule has 2 nitrogen and oxygen atoms in total. The highest BCUT2D eigenvalue weighted by Crippen LogP contribution is 2.35. The number of hydrogen-bond acceptors (Lipinski definition) is 2. The maximum Gasteiger partial charge on any atom is 0.0621 e. The number of halogens is 1. The molecule has 0 amide bonds. The first kappa shape index (κ1) is 12.8. The molecule has 3 heteroatoms. The van der Waals surface area contributed by atoms with Crippen LogP contribution in [0.4, 0.5) is 0 Å². The third-order valence-electron chi connectivity index (χ3n) is 4.08. The largest absolute Gasteiger partial charge is 0.325 e. The van der Waals surface area contributed by atoms with Crippen LogP contribution in [0.25, 0.3) is 0 Å². The lowest BCUT2D eigenvalue weighted by Gasteiger charge is -2.37. The fourth-order valence-corrected chi connectivity index (χ4v) is 2.95. The number of hydrogen-bond donors (Lipinski definition) is 1. The van der Waals surface area contributed by atoms with Gasteiger partial charge >= 0.3 is 0 Å². The summed E-state index contributed by atoms with van der Waals surface area (Å²) >= 11 is 6.14. The van der Waals surface area contributed by atoms with Gasteiger partial charge < -0.3 is 5.73 Å². The van der Waals surface area contributed by atoms with E-state index in [2.05, 4.69) is 11.9 Å². The molecule has 2 N–H and O–H groups in total. The maximum atomic E-state index is 6.50. The van der Waals surface area contributed by atoms with Crippen molar-refractivity contribution in [2.45, 2.75) is 51.0 Å². The zero-order chi connectivity index (χ0) is 12.3. The van der Waals surface area contributed by atoms with Crippen molar-refractivity contribution in [1.29, 1.82) is 0 Å². The monoisotopic (exact) mass is 252 g/mol.